The summed E-state index contributed by atoms with van der Waals surface area (Å²) in [4.78, 5) is 10.8. The normalized spacial score (nSPS) is 16.3. The summed E-state index contributed by atoms with van der Waals surface area (Å²) in [5, 5.41) is 18.6. The number of hydrazone groups is 1. The highest BCUT2D eigenvalue weighted by molar-refractivity contribution is 6.30. The van der Waals surface area contributed by atoms with Crippen molar-refractivity contribution >= 4 is 28.7 Å². The van der Waals surface area contributed by atoms with E-state index in [1.807, 2.05) is 65.7 Å². The Kier molecular flexibility index (Phi) is 4.60. The van der Waals surface area contributed by atoms with Crippen LogP contribution >= 0.6 is 11.6 Å². The summed E-state index contributed by atoms with van der Waals surface area (Å²) in [6, 6.07) is 24.0. The molecule has 0 amide bonds. The Morgan fingerprint density at radius 3 is 2.44 bits per heavy atom. The van der Waals surface area contributed by atoms with Crippen LogP contribution in [0.5, 0.6) is 0 Å². The fourth-order valence-electron chi connectivity index (χ4n) is 3.25. The smallest absolute Gasteiger partial charge is 0.258 e. The molecular formula is C21H16ClN3O2. The van der Waals surface area contributed by atoms with Gasteiger partial charge in [-0.2, -0.15) is 5.10 Å². The van der Waals surface area contributed by atoms with E-state index in [0.29, 0.717) is 11.4 Å². The molecule has 0 unspecified atom stereocenters. The third-order valence-corrected chi connectivity index (χ3v) is 4.83. The lowest BCUT2D eigenvalue weighted by Gasteiger charge is -2.23. The number of para-hydroxylation sites is 1. The van der Waals surface area contributed by atoms with Crippen molar-refractivity contribution in [2.75, 3.05) is 5.01 Å². The van der Waals surface area contributed by atoms with Gasteiger partial charge in [-0.15, -0.1) is 0 Å². The third kappa shape index (κ3) is 3.55. The fraction of sp³-hybridized carbons (Fsp3) is 0.0952. The van der Waals surface area contributed by atoms with E-state index < -0.39 is 0 Å². The van der Waals surface area contributed by atoms with E-state index in [-0.39, 0.29) is 16.7 Å². The Morgan fingerprint density at radius 2 is 1.74 bits per heavy atom. The van der Waals surface area contributed by atoms with Crippen molar-refractivity contribution in [3.8, 4) is 0 Å². The van der Waals surface area contributed by atoms with Gasteiger partial charge in [-0.3, -0.25) is 15.1 Å². The molecule has 3 aromatic carbocycles. The highest BCUT2D eigenvalue weighted by atomic mass is 35.5. The van der Waals surface area contributed by atoms with Crippen molar-refractivity contribution in [2.45, 2.75) is 12.5 Å². The lowest BCUT2D eigenvalue weighted by atomic mass is 9.98. The van der Waals surface area contributed by atoms with Crippen LogP contribution in [0.4, 0.5) is 11.4 Å². The zero-order valence-electron chi connectivity index (χ0n) is 14.3. The van der Waals surface area contributed by atoms with E-state index in [0.717, 1.165) is 22.5 Å². The Labute approximate surface area is 161 Å². The molecule has 0 saturated carbocycles. The molecule has 1 heterocycles. The molecule has 0 spiro atoms. The SMILES string of the molecule is O=[N+]([O-])c1cccc([C@@H]2CC(c3ccc(Cl)cc3)=NN2c2ccccc2)c1. The second-order valence-electron chi connectivity index (χ2n) is 6.31. The van der Waals surface area contributed by atoms with Crippen LogP contribution in [0, 0.1) is 10.1 Å². The van der Waals surface area contributed by atoms with Gasteiger partial charge in [0.15, 0.2) is 0 Å². The molecule has 3 aromatic rings. The molecule has 1 aliphatic rings. The summed E-state index contributed by atoms with van der Waals surface area (Å²) in [6.07, 6.45) is 0.650. The predicted molar refractivity (Wildman–Crippen MR) is 107 cm³/mol. The topological polar surface area (TPSA) is 58.7 Å². The number of nitro benzene ring substituents is 1. The predicted octanol–water partition coefficient (Wildman–Crippen LogP) is 5.60. The van der Waals surface area contributed by atoms with E-state index in [1.165, 1.54) is 6.07 Å². The summed E-state index contributed by atoms with van der Waals surface area (Å²) in [7, 11) is 0. The lowest BCUT2D eigenvalue weighted by molar-refractivity contribution is -0.384. The van der Waals surface area contributed by atoms with Crippen molar-refractivity contribution in [3.63, 3.8) is 0 Å². The second kappa shape index (κ2) is 7.21. The number of halogens is 1. The minimum absolute atomic E-state index is 0.0838. The van der Waals surface area contributed by atoms with Crippen molar-refractivity contribution in [2.24, 2.45) is 5.10 Å². The molecule has 0 bridgehead atoms. The van der Waals surface area contributed by atoms with E-state index in [2.05, 4.69) is 0 Å². The van der Waals surface area contributed by atoms with Crippen molar-refractivity contribution < 1.29 is 4.92 Å². The van der Waals surface area contributed by atoms with E-state index in [4.69, 9.17) is 16.7 Å². The number of anilines is 1. The standard InChI is InChI=1S/C21H16ClN3O2/c22-17-11-9-15(10-12-17)20-14-21(16-5-4-8-19(13-16)25(26)27)24(23-20)18-6-2-1-3-7-18/h1-13,21H,14H2/t21-/m0/s1. The van der Waals surface area contributed by atoms with E-state index >= 15 is 0 Å². The molecule has 6 heteroatoms. The van der Waals surface area contributed by atoms with Gasteiger partial charge in [-0.1, -0.05) is 54.1 Å². The molecule has 0 aromatic heterocycles. The Bertz CT molecular complexity index is 1000. The molecule has 27 heavy (non-hydrogen) atoms. The average molecular weight is 378 g/mol. The number of non-ortho nitro benzene ring substituents is 1. The number of nitro groups is 1. The summed E-state index contributed by atoms with van der Waals surface area (Å²) < 4.78 is 0. The van der Waals surface area contributed by atoms with Crippen molar-refractivity contribution in [1.29, 1.82) is 0 Å². The molecule has 0 N–H and O–H groups in total. The maximum Gasteiger partial charge on any atom is 0.269 e. The Hall–Kier alpha value is -3.18. The minimum atomic E-state index is -0.369. The first-order chi connectivity index (χ1) is 13.1. The average Bonchev–Trinajstić information content (AvgIpc) is 3.15. The van der Waals surface area contributed by atoms with Crippen LogP contribution in [-0.4, -0.2) is 10.6 Å². The summed E-state index contributed by atoms with van der Waals surface area (Å²) in [5.74, 6) is 0. The van der Waals surface area contributed by atoms with Crippen LogP contribution in [0.1, 0.15) is 23.6 Å². The Balaban J connectivity index is 1.75. The fourth-order valence-corrected chi connectivity index (χ4v) is 3.38. The molecule has 5 nitrogen and oxygen atoms in total. The maximum absolute atomic E-state index is 11.2. The number of nitrogens with zero attached hydrogens (tertiary/aromatic N) is 3. The lowest BCUT2D eigenvalue weighted by Crippen LogP contribution is -2.18. The van der Waals surface area contributed by atoms with Gasteiger partial charge in [-0.05, 0) is 35.4 Å². The van der Waals surface area contributed by atoms with Gasteiger partial charge in [0, 0.05) is 23.6 Å². The van der Waals surface area contributed by atoms with Crippen LogP contribution in [0.25, 0.3) is 0 Å². The number of hydrogen-bond acceptors (Lipinski definition) is 4. The monoisotopic (exact) mass is 377 g/mol. The van der Waals surface area contributed by atoms with E-state index in [1.54, 1.807) is 12.1 Å². The van der Waals surface area contributed by atoms with Crippen LogP contribution in [-0.2, 0) is 0 Å². The molecule has 1 atom stereocenters. The van der Waals surface area contributed by atoms with Gasteiger partial charge >= 0.3 is 0 Å². The minimum Gasteiger partial charge on any atom is -0.258 e. The maximum atomic E-state index is 11.2. The zero-order valence-corrected chi connectivity index (χ0v) is 15.1. The zero-order chi connectivity index (χ0) is 18.8. The van der Waals surface area contributed by atoms with Crippen molar-refractivity contribution in [1.82, 2.24) is 0 Å². The molecule has 4 rings (SSSR count). The first-order valence-corrected chi connectivity index (χ1v) is 8.92. The summed E-state index contributed by atoms with van der Waals surface area (Å²) >= 11 is 6.00. The summed E-state index contributed by atoms with van der Waals surface area (Å²) in [6.45, 7) is 0. The van der Waals surface area contributed by atoms with Gasteiger partial charge in [0.2, 0.25) is 0 Å². The van der Waals surface area contributed by atoms with Crippen LogP contribution in [0.2, 0.25) is 5.02 Å². The van der Waals surface area contributed by atoms with Gasteiger partial charge in [0.05, 0.1) is 22.4 Å². The number of rotatable bonds is 4. The highest BCUT2D eigenvalue weighted by Gasteiger charge is 2.30. The van der Waals surface area contributed by atoms with Gasteiger partial charge in [0.1, 0.15) is 0 Å². The van der Waals surface area contributed by atoms with Gasteiger partial charge in [0.25, 0.3) is 5.69 Å². The largest absolute Gasteiger partial charge is 0.269 e. The Morgan fingerprint density at radius 1 is 1.00 bits per heavy atom. The molecule has 0 saturated heterocycles. The second-order valence-corrected chi connectivity index (χ2v) is 6.74. The number of benzene rings is 3. The van der Waals surface area contributed by atoms with Gasteiger partial charge < -0.3 is 0 Å². The van der Waals surface area contributed by atoms with Gasteiger partial charge in [-0.25, -0.2) is 0 Å². The van der Waals surface area contributed by atoms with Crippen LogP contribution < -0.4 is 5.01 Å². The first kappa shape index (κ1) is 17.2. The van der Waals surface area contributed by atoms with Crippen LogP contribution in [0.15, 0.2) is 84.0 Å². The molecule has 0 aliphatic carbocycles. The highest BCUT2D eigenvalue weighted by Crippen LogP contribution is 2.37. The summed E-state index contributed by atoms with van der Waals surface area (Å²) in [5.41, 5.74) is 3.81. The van der Waals surface area contributed by atoms with Crippen molar-refractivity contribution in [3.05, 3.63) is 105 Å². The first-order valence-electron chi connectivity index (χ1n) is 8.54. The molecule has 1 aliphatic heterocycles. The molecule has 134 valence electrons. The third-order valence-electron chi connectivity index (χ3n) is 4.57. The molecular weight excluding hydrogens is 362 g/mol. The molecule has 0 radical (unpaired) electrons. The molecule has 0 fully saturated rings. The van der Waals surface area contributed by atoms with Crippen LogP contribution in [0.3, 0.4) is 0 Å². The van der Waals surface area contributed by atoms with E-state index in [9.17, 15) is 10.1 Å². The quantitative estimate of drug-likeness (QED) is 0.439. The number of hydrogen-bond donors (Lipinski definition) is 0.